The van der Waals surface area contributed by atoms with Crippen LogP contribution in [0, 0.1) is 0 Å². The van der Waals surface area contributed by atoms with Crippen molar-refractivity contribution in [1.29, 1.82) is 0 Å². The summed E-state index contributed by atoms with van der Waals surface area (Å²) in [6.45, 7) is 3.72. The minimum Gasteiger partial charge on any atom is -0.457 e. The Balaban J connectivity index is 2.49. The summed E-state index contributed by atoms with van der Waals surface area (Å²) < 4.78 is 58.9. The van der Waals surface area contributed by atoms with Crippen LogP contribution in [0.1, 0.15) is 149 Å². The molecule has 4 N–H and O–H groups in total. The van der Waals surface area contributed by atoms with Gasteiger partial charge < -0.3 is 34.3 Å². The number of allylic oxidation sites excluding steroid dienone is 12. The lowest BCUT2D eigenvalue weighted by molar-refractivity contribution is -0.301. The number of aliphatic hydroxyl groups is 3. The van der Waals surface area contributed by atoms with Gasteiger partial charge in [-0.25, -0.2) is 4.18 Å². The molecule has 0 aromatic carbocycles. The van der Waals surface area contributed by atoms with E-state index in [9.17, 15) is 28.5 Å². The van der Waals surface area contributed by atoms with Gasteiger partial charge in [0.1, 0.15) is 30.5 Å². The van der Waals surface area contributed by atoms with Crippen LogP contribution in [0.5, 0.6) is 0 Å². The molecule has 1 aliphatic heterocycles. The molecular weight excluding hydrogens is 777 g/mol. The van der Waals surface area contributed by atoms with Crippen molar-refractivity contribution in [2.24, 2.45) is 0 Å². The van der Waals surface area contributed by atoms with Crippen molar-refractivity contribution in [3.05, 3.63) is 72.9 Å². The number of hydrogen-bond acceptors (Lipinski definition) is 11. The van der Waals surface area contributed by atoms with Crippen LogP contribution in [-0.2, 0) is 38.3 Å². The van der Waals surface area contributed by atoms with Crippen molar-refractivity contribution in [3.8, 4) is 0 Å². The SMILES string of the molecule is CC/C=C\C/C=C\C/C=C\C/C=C\C/C=C\CCCCOCC(COC1OC(CO)C(O)C(OS(=O)(=O)O)C1O)OC(=O)CCCCCCC/C=C\CCCCCCC. The first-order valence-corrected chi connectivity index (χ1v) is 23.6. The second kappa shape index (κ2) is 37.3. The lowest BCUT2D eigenvalue weighted by Gasteiger charge is -2.41. The maximum absolute atomic E-state index is 12.8. The standard InChI is InChI=1S/C46H78O12S/c1-3-5-7-9-11-13-15-17-19-20-21-22-24-26-28-30-32-34-36-54-38-40(39-55-46-44(50)45(58-59(51,52)53)43(49)41(37-47)57-46)56-42(48)35-33-31-29-27-25-23-18-16-14-12-10-8-6-4-2/h5,7,11,13,16-19,21-22,26,28,40-41,43-47,49-50H,3-4,6,8-10,12,14-15,20,23-25,27,29-39H2,1-2H3,(H,51,52,53)/b7-5-,13-11-,18-16-,19-17-,22-21-,28-26-. The molecule has 59 heavy (non-hydrogen) atoms. The highest BCUT2D eigenvalue weighted by molar-refractivity contribution is 7.80. The van der Waals surface area contributed by atoms with E-state index in [1.54, 1.807) is 0 Å². The number of carbonyl (C=O) groups is 1. The largest absolute Gasteiger partial charge is 0.457 e. The van der Waals surface area contributed by atoms with Crippen LogP contribution in [0.15, 0.2) is 72.9 Å². The van der Waals surface area contributed by atoms with E-state index in [2.05, 4.69) is 90.9 Å². The molecule has 1 heterocycles. The zero-order chi connectivity index (χ0) is 43.2. The summed E-state index contributed by atoms with van der Waals surface area (Å²) >= 11 is 0. The van der Waals surface area contributed by atoms with E-state index in [-0.39, 0.29) is 19.6 Å². The maximum Gasteiger partial charge on any atom is 0.397 e. The number of aliphatic hydroxyl groups excluding tert-OH is 3. The lowest BCUT2D eigenvalue weighted by atomic mass is 9.99. The Morgan fingerprint density at radius 2 is 1.17 bits per heavy atom. The predicted octanol–water partition coefficient (Wildman–Crippen LogP) is 9.13. The molecule has 1 rings (SSSR count). The first-order valence-electron chi connectivity index (χ1n) is 22.2. The number of ether oxygens (including phenoxy) is 4. The molecule has 0 aromatic rings. The Labute approximate surface area is 356 Å². The van der Waals surface area contributed by atoms with E-state index >= 15 is 0 Å². The molecule has 1 fully saturated rings. The van der Waals surface area contributed by atoms with Crippen LogP contribution in [0.4, 0.5) is 0 Å². The fourth-order valence-electron chi connectivity index (χ4n) is 6.22. The van der Waals surface area contributed by atoms with Gasteiger partial charge in [0, 0.05) is 13.0 Å². The zero-order valence-corrected chi connectivity index (χ0v) is 36.8. The molecule has 0 saturated carbocycles. The Hall–Kier alpha value is -2.46. The van der Waals surface area contributed by atoms with E-state index < -0.39 is 59.8 Å². The normalized spacial score (nSPS) is 21.1. The summed E-state index contributed by atoms with van der Waals surface area (Å²) in [6, 6.07) is 0. The first-order chi connectivity index (χ1) is 28.6. The summed E-state index contributed by atoms with van der Waals surface area (Å²) in [5.41, 5.74) is 0. The highest BCUT2D eigenvalue weighted by atomic mass is 32.3. The number of hydrogen-bond donors (Lipinski definition) is 4. The van der Waals surface area contributed by atoms with Gasteiger partial charge in [-0.15, -0.1) is 0 Å². The molecular formula is C46H78O12S. The van der Waals surface area contributed by atoms with Crippen LogP contribution in [0.25, 0.3) is 0 Å². The second-order valence-corrected chi connectivity index (χ2v) is 15.9. The second-order valence-electron chi connectivity index (χ2n) is 14.9. The molecule has 12 nitrogen and oxygen atoms in total. The zero-order valence-electron chi connectivity index (χ0n) is 36.0. The van der Waals surface area contributed by atoms with Gasteiger partial charge in [-0.1, -0.05) is 132 Å². The summed E-state index contributed by atoms with van der Waals surface area (Å²) in [6.07, 6.45) is 38.0. The molecule has 0 aliphatic carbocycles. The van der Waals surface area contributed by atoms with Crippen LogP contribution in [-0.4, -0.2) is 97.5 Å². The lowest BCUT2D eigenvalue weighted by Crippen LogP contribution is -2.60. The predicted molar refractivity (Wildman–Crippen MR) is 234 cm³/mol. The molecule has 6 unspecified atom stereocenters. The summed E-state index contributed by atoms with van der Waals surface area (Å²) in [7, 11) is -5.07. The third-order valence-corrected chi connectivity index (χ3v) is 10.0. The number of carbonyl (C=O) groups excluding carboxylic acids is 1. The molecule has 0 bridgehead atoms. The molecule has 0 aromatic heterocycles. The Morgan fingerprint density at radius 1 is 0.661 bits per heavy atom. The molecule has 1 aliphatic rings. The third kappa shape index (κ3) is 31.1. The summed E-state index contributed by atoms with van der Waals surface area (Å²) in [5, 5.41) is 30.6. The monoisotopic (exact) mass is 855 g/mol. The van der Waals surface area contributed by atoms with Crippen LogP contribution < -0.4 is 0 Å². The molecule has 0 amide bonds. The van der Waals surface area contributed by atoms with Gasteiger partial charge in [-0.05, 0) is 83.5 Å². The van der Waals surface area contributed by atoms with Gasteiger partial charge >= 0.3 is 16.4 Å². The Bertz CT molecular complexity index is 1310. The highest BCUT2D eigenvalue weighted by Gasteiger charge is 2.48. The number of esters is 1. The molecule has 1 saturated heterocycles. The van der Waals surface area contributed by atoms with E-state index in [1.807, 2.05) is 0 Å². The van der Waals surface area contributed by atoms with Gasteiger partial charge in [-0.3, -0.25) is 9.35 Å². The van der Waals surface area contributed by atoms with Gasteiger partial charge in [0.05, 0.1) is 19.8 Å². The average molecular weight is 855 g/mol. The maximum atomic E-state index is 12.8. The summed E-state index contributed by atoms with van der Waals surface area (Å²) in [4.78, 5) is 12.8. The van der Waals surface area contributed by atoms with Gasteiger partial charge in [0.15, 0.2) is 6.29 Å². The minimum absolute atomic E-state index is 0.000511. The number of unbranched alkanes of at least 4 members (excludes halogenated alkanes) is 12. The average Bonchev–Trinajstić information content (AvgIpc) is 3.20. The van der Waals surface area contributed by atoms with Crippen molar-refractivity contribution in [2.45, 2.75) is 185 Å². The molecule has 0 radical (unpaired) electrons. The van der Waals surface area contributed by atoms with Gasteiger partial charge in [0.25, 0.3) is 0 Å². The van der Waals surface area contributed by atoms with E-state index in [1.165, 1.54) is 32.1 Å². The van der Waals surface area contributed by atoms with Crippen molar-refractivity contribution in [3.63, 3.8) is 0 Å². The smallest absolute Gasteiger partial charge is 0.397 e. The van der Waals surface area contributed by atoms with Crippen molar-refractivity contribution >= 4 is 16.4 Å². The molecule has 0 spiro atoms. The topological polar surface area (TPSA) is 178 Å². The van der Waals surface area contributed by atoms with Gasteiger partial charge in [-0.2, -0.15) is 8.42 Å². The molecule has 340 valence electrons. The quantitative estimate of drug-likeness (QED) is 0.0202. The first kappa shape index (κ1) is 54.6. The third-order valence-electron chi connectivity index (χ3n) is 9.56. The van der Waals surface area contributed by atoms with Crippen molar-refractivity contribution in [2.75, 3.05) is 26.4 Å². The van der Waals surface area contributed by atoms with E-state index in [0.717, 1.165) is 89.9 Å². The van der Waals surface area contributed by atoms with Crippen LogP contribution in [0.3, 0.4) is 0 Å². The highest BCUT2D eigenvalue weighted by Crippen LogP contribution is 2.26. The van der Waals surface area contributed by atoms with E-state index in [4.69, 9.17) is 23.5 Å². The summed E-state index contributed by atoms with van der Waals surface area (Å²) in [5.74, 6) is -0.427. The molecule has 13 heteroatoms. The van der Waals surface area contributed by atoms with Crippen LogP contribution in [0.2, 0.25) is 0 Å². The van der Waals surface area contributed by atoms with Gasteiger partial charge in [0.2, 0.25) is 0 Å². The Morgan fingerprint density at radius 3 is 1.73 bits per heavy atom. The molecule has 6 atom stereocenters. The Kier molecular flexibility index (Phi) is 34.5. The fraction of sp³-hybridized carbons (Fsp3) is 0.717. The number of rotatable bonds is 37. The van der Waals surface area contributed by atoms with Crippen LogP contribution >= 0.6 is 0 Å². The van der Waals surface area contributed by atoms with E-state index in [0.29, 0.717) is 13.0 Å². The fourth-order valence-corrected chi connectivity index (χ4v) is 6.73. The van der Waals surface area contributed by atoms with Crippen molar-refractivity contribution in [1.82, 2.24) is 0 Å². The van der Waals surface area contributed by atoms with Crippen molar-refractivity contribution < 1.29 is 56.2 Å². The minimum atomic E-state index is -5.07.